The number of ether oxygens (including phenoxy) is 1. The molecule has 0 bridgehead atoms. The van der Waals surface area contributed by atoms with Crippen LogP contribution >= 0.6 is 11.8 Å². The highest BCUT2D eigenvalue weighted by molar-refractivity contribution is 7.99. The van der Waals surface area contributed by atoms with Gasteiger partial charge in [0.05, 0.1) is 5.75 Å². The maximum Gasteiger partial charge on any atom is 0.343 e. The number of thioether (sulfide) groups is 1. The Bertz CT molecular complexity index is 699. The van der Waals surface area contributed by atoms with Crippen molar-refractivity contribution in [2.24, 2.45) is 0 Å². The van der Waals surface area contributed by atoms with Gasteiger partial charge in [-0.3, -0.25) is 9.36 Å². The van der Waals surface area contributed by atoms with Crippen LogP contribution in [0.3, 0.4) is 0 Å². The second-order valence-electron chi connectivity index (χ2n) is 4.53. The fourth-order valence-corrected chi connectivity index (χ4v) is 2.72. The van der Waals surface area contributed by atoms with Gasteiger partial charge in [-0.05, 0) is 18.6 Å². The molecule has 0 saturated heterocycles. The van der Waals surface area contributed by atoms with E-state index >= 15 is 0 Å². The number of hydrogen-bond donors (Lipinski definition) is 1. The summed E-state index contributed by atoms with van der Waals surface area (Å²) in [6.07, 6.45) is 0.668. The number of H-pyrrole nitrogens is 1. The van der Waals surface area contributed by atoms with E-state index in [2.05, 4.69) is 10.2 Å². The third-order valence-electron chi connectivity index (χ3n) is 2.93. The monoisotopic (exact) mass is 325 g/mol. The highest BCUT2D eigenvalue weighted by Crippen LogP contribution is 2.16. The van der Waals surface area contributed by atoms with Gasteiger partial charge < -0.3 is 4.74 Å². The molecule has 0 spiro atoms. The minimum absolute atomic E-state index is 0.0814. The molecule has 0 aliphatic heterocycles. The Labute approximate surface area is 130 Å². The molecule has 0 fully saturated rings. The molecule has 0 atom stereocenters. The van der Waals surface area contributed by atoms with Crippen LogP contribution in [-0.2, 0) is 11.3 Å². The zero-order valence-electron chi connectivity index (χ0n) is 12.0. The molecule has 0 aliphatic carbocycles. The zero-order chi connectivity index (χ0) is 15.9. The number of carbonyl (C=O) groups is 1. The number of aromatic amines is 1. The fourth-order valence-electron chi connectivity index (χ4n) is 1.85. The molecule has 0 amide bonds. The number of ketones is 1. The molecule has 2 rings (SSSR count). The third-order valence-corrected chi connectivity index (χ3v) is 3.91. The maximum absolute atomic E-state index is 13.1. The lowest BCUT2D eigenvalue weighted by molar-refractivity contribution is 0.102. The van der Waals surface area contributed by atoms with Crippen LogP contribution < -0.4 is 5.69 Å². The number of nitrogens with one attached hydrogen (secondary N) is 1. The fraction of sp³-hybridized carbons (Fsp3) is 0.357. The number of aromatic nitrogens is 3. The molecule has 1 heterocycles. The molecule has 1 aromatic heterocycles. The van der Waals surface area contributed by atoms with Crippen LogP contribution in [0.15, 0.2) is 34.2 Å². The Morgan fingerprint density at radius 2 is 2.32 bits per heavy atom. The molecule has 0 unspecified atom stereocenters. The predicted octanol–water partition coefficient (Wildman–Crippen LogP) is 1.72. The van der Waals surface area contributed by atoms with E-state index in [9.17, 15) is 14.0 Å². The van der Waals surface area contributed by atoms with E-state index in [4.69, 9.17) is 4.74 Å². The number of benzene rings is 1. The summed E-state index contributed by atoms with van der Waals surface area (Å²) >= 11 is 1.14. The van der Waals surface area contributed by atoms with Crippen LogP contribution in [0.1, 0.15) is 16.8 Å². The number of halogens is 1. The summed E-state index contributed by atoms with van der Waals surface area (Å²) < 4.78 is 19.5. The molecule has 6 nitrogen and oxygen atoms in total. The summed E-state index contributed by atoms with van der Waals surface area (Å²) in [5, 5.41) is 6.70. The lowest BCUT2D eigenvalue weighted by Crippen LogP contribution is -2.18. The summed E-state index contributed by atoms with van der Waals surface area (Å²) in [6.45, 7) is 0.990. The first-order valence-corrected chi connectivity index (χ1v) is 7.66. The number of nitrogens with zero attached hydrogens (tertiary/aromatic N) is 2. The average molecular weight is 325 g/mol. The van der Waals surface area contributed by atoms with Gasteiger partial charge in [-0.25, -0.2) is 14.3 Å². The summed E-state index contributed by atoms with van der Waals surface area (Å²) in [5.74, 6) is -0.589. The summed E-state index contributed by atoms with van der Waals surface area (Å²) in [7, 11) is 1.59. The topological polar surface area (TPSA) is 77.0 Å². The Balaban J connectivity index is 1.99. The van der Waals surface area contributed by atoms with Crippen molar-refractivity contribution in [3.05, 3.63) is 46.1 Å². The van der Waals surface area contributed by atoms with E-state index in [-0.39, 0.29) is 17.2 Å². The van der Waals surface area contributed by atoms with Gasteiger partial charge in [-0.1, -0.05) is 23.9 Å². The molecular formula is C14H16FN3O3S. The molecule has 118 valence electrons. The molecule has 0 aliphatic rings. The first-order chi connectivity index (χ1) is 10.6. The van der Waals surface area contributed by atoms with E-state index in [1.165, 1.54) is 22.8 Å². The summed E-state index contributed by atoms with van der Waals surface area (Å²) in [4.78, 5) is 23.7. The Morgan fingerprint density at radius 1 is 1.50 bits per heavy atom. The number of rotatable bonds is 8. The van der Waals surface area contributed by atoms with Crippen LogP contribution in [0.4, 0.5) is 4.39 Å². The van der Waals surface area contributed by atoms with Crippen LogP contribution in [0.25, 0.3) is 0 Å². The predicted molar refractivity (Wildman–Crippen MR) is 80.8 cm³/mol. The quantitative estimate of drug-likeness (QED) is 0.454. The lowest BCUT2D eigenvalue weighted by Gasteiger charge is -2.05. The number of Topliss-reactive ketones (excluding diaryl/α,β-unsaturated/α-hetero) is 1. The third kappa shape index (κ3) is 4.28. The molecule has 2 aromatic rings. The van der Waals surface area contributed by atoms with Crippen molar-refractivity contribution < 1.29 is 13.9 Å². The van der Waals surface area contributed by atoms with Crippen LogP contribution in [0.5, 0.6) is 0 Å². The average Bonchev–Trinajstić information content (AvgIpc) is 2.86. The molecule has 0 saturated carbocycles. The van der Waals surface area contributed by atoms with E-state index in [0.717, 1.165) is 11.8 Å². The first-order valence-electron chi connectivity index (χ1n) is 6.67. The molecule has 22 heavy (non-hydrogen) atoms. The molecule has 0 radical (unpaired) electrons. The van der Waals surface area contributed by atoms with Gasteiger partial charge in [-0.2, -0.15) is 0 Å². The van der Waals surface area contributed by atoms with Crippen molar-refractivity contribution in [2.75, 3.05) is 19.5 Å². The Hall–Kier alpha value is -1.93. The Kier molecular flexibility index (Phi) is 5.91. The van der Waals surface area contributed by atoms with E-state index in [1.54, 1.807) is 13.2 Å². The van der Waals surface area contributed by atoms with Crippen LogP contribution in [0.2, 0.25) is 0 Å². The number of carbonyl (C=O) groups excluding carboxylic acids is 1. The van der Waals surface area contributed by atoms with Gasteiger partial charge in [0.1, 0.15) is 5.82 Å². The van der Waals surface area contributed by atoms with E-state index < -0.39 is 5.82 Å². The van der Waals surface area contributed by atoms with Crippen molar-refractivity contribution in [1.29, 1.82) is 0 Å². The van der Waals surface area contributed by atoms with Crippen molar-refractivity contribution in [3.8, 4) is 0 Å². The normalized spacial score (nSPS) is 10.8. The standard InChI is InChI=1S/C14H16FN3O3S/c1-21-7-3-6-18-13(20)16-17-14(18)22-9-12(19)10-4-2-5-11(15)8-10/h2,4-5,8H,3,6-7,9H2,1H3,(H,16,20). The van der Waals surface area contributed by atoms with Gasteiger partial charge >= 0.3 is 5.69 Å². The number of hydrogen-bond acceptors (Lipinski definition) is 5. The van der Waals surface area contributed by atoms with Crippen molar-refractivity contribution in [2.45, 2.75) is 18.1 Å². The smallest absolute Gasteiger partial charge is 0.343 e. The van der Waals surface area contributed by atoms with Crippen molar-refractivity contribution in [3.63, 3.8) is 0 Å². The minimum atomic E-state index is -0.452. The number of methoxy groups -OCH3 is 1. The maximum atomic E-state index is 13.1. The van der Waals surface area contributed by atoms with Gasteiger partial charge in [0.2, 0.25) is 0 Å². The largest absolute Gasteiger partial charge is 0.385 e. The molecule has 1 aromatic carbocycles. The highest BCUT2D eigenvalue weighted by Gasteiger charge is 2.12. The second kappa shape index (κ2) is 7.90. The van der Waals surface area contributed by atoms with Gasteiger partial charge in [0.25, 0.3) is 0 Å². The van der Waals surface area contributed by atoms with E-state index in [0.29, 0.717) is 30.3 Å². The summed E-state index contributed by atoms with van der Waals surface area (Å²) in [5.41, 5.74) is -0.0203. The molecule has 1 N–H and O–H groups in total. The van der Waals surface area contributed by atoms with Gasteiger partial charge in [0.15, 0.2) is 10.9 Å². The van der Waals surface area contributed by atoms with Crippen LogP contribution in [0, 0.1) is 5.82 Å². The van der Waals surface area contributed by atoms with Crippen molar-refractivity contribution >= 4 is 17.5 Å². The SMILES string of the molecule is COCCCn1c(SCC(=O)c2cccc(F)c2)n[nH]c1=O. The van der Waals surface area contributed by atoms with Crippen LogP contribution in [-0.4, -0.2) is 40.0 Å². The van der Waals surface area contributed by atoms with Gasteiger partial charge in [0, 0.05) is 25.8 Å². The first kappa shape index (κ1) is 16.4. The zero-order valence-corrected chi connectivity index (χ0v) is 12.9. The second-order valence-corrected chi connectivity index (χ2v) is 5.47. The highest BCUT2D eigenvalue weighted by atomic mass is 32.2. The van der Waals surface area contributed by atoms with E-state index in [1.807, 2.05) is 0 Å². The van der Waals surface area contributed by atoms with Gasteiger partial charge in [-0.15, -0.1) is 5.10 Å². The minimum Gasteiger partial charge on any atom is -0.385 e. The summed E-state index contributed by atoms with van der Waals surface area (Å²) in [6, 6.07) is 5.52. The molecule has 8 heteroatoms. The Morgan fingerprint density at radius 3 is 3.05 bits per heavy atom. The molecular weight excluding hydrogens is 309 g/mol. The van der Waals surface area contributed by atoms with Crippen molar-refractivity contribution in [1.82, 2.24) is 14.8 Å². The lowest BCUT2D eigenvalue weighted by atomic mass is 10.1.